The maximum Gasteiger partial charge on any atom is 0.237 e. The van der Waals surface area contributed by atoms with Crippen molar-refractivity contribution in [3.63, 3.8) is 0 Å². The average molecular weight is 239 g/mol. The molecule has 0 radical (unpaired) electrons. The van der Waals surface area contributed by atoms with Gasteiger partial charge in [-0.2, -0.15) is 0 Å². The maximum absolute atomic E-state index is 11.2. The van der Waals surface area contributed by atoms with Crippen molar-refractivity contribution in [3.05, 3.63) is 0 Å². The Kier molecular flexibility index (Phi) is 6.41. The number of carbonyl (C=O) groups excluding carboxylic acids is 1. The summed E-state index contributed by atoms with van der Waals surface area (Å²) in [6, 6.07) is -0.689. The van der Waals surface area contributed by atoms with Crippen molar-refractivity contribution >= 4 is 15.9 Å². The second-order valence-electron chi connectivity index (χ2n) is 3.05. The Morgan fingerprint density at radius 3 is 2.60 bits per heavy atom. The molecule has 0 heterocycles. The summed E-state index contributed by atoms with van der Waals surface area (Å²) in [7, 11) is -2.04. The highest BCUT2D eigenvalue weighted by molar-refractivity contribution is 7.89. The topological polar surface area (TPSA) is 125 Å². The molecule has 7 nitrogen and oxygen atoms in total. The number of hydrogen-bond donors (Lipinski definition) is 3. The van der Waals surface area contributed by atoms with Gasteiger partial charge < -0.3 is 15.8 Å². The minimum atomic E-state index is -3.54. The molecule has 1 amide bonds. The number of ether oxygens (including phenoxy) is 1. The van der Waals surface area contributed by atoms with Crippen LogP contribution in [-0.2, 0) is 19.6 Å². The van der Waals surface area contributed by atoms with Gasteiger partial charge in [0.2, 0.25) is 15.9 Å². The summed E-state index contributed by atoms with van der Waals surface area (Å²) in [5.74, 6) is -0.703. The number of nitrogens with one attached hydrogen (secondary N) is 1. The average Bonchev–Trinajstić information content (AvgIpc) is 2.11. The summed E-state index contributed by atoms with van der Waals surface area (Å²) in [4.78, 5) is 11.2. The Morgan fingerprint density at radius 1 is 1.53 bits per heavy atom. The van der Waals surface area contributed by atoms with Crippen LogP contribution >= 0.6 is 0 Å². The zero-order valence-corrected chi connectivity index (χ0v) is 9.42. The van der Waals surface area contributed by atoms with E-state index in [9.17, 15) is 13.2 Å². The molecule has 0 bridgehead atoms. The molecule has 1 atom stereocenters. The van der Waals surface area contributed by atoms with Crippen LogP contribution in [0.1, 0.15) is 6.42 Å². The van der Waals surface area contributed by atoms with E-state index < -0.39 is 22.0 Å². The van der Waals surface area contributed by atoms with Gasteiger partial charge in [-0.3, -0.25) is 4.79 Å². The van der Waals surface area contributed by atoms with Crippen molar-refractivity contribution in [3.8, 4) is 0 Å². The summed E-state index contributed by atoms with van der Waals surface area (Å²) in [5, 5.41) is 7.12. The first-order valence-electron chi connectivity index (χ1n) is 4.39. The third kappa shape index (κ3) is 8.30. The molecule has 0 aliphatic heterocycles. The Hall–Kier alpha value is -0.700. The lowest BCUT2D eigenvalue weighted by atomic mass is 10.2. The van der Waals surface area contributed by atoms with Crippen molar-refractivity contribution in [1.29, 1.82) is 0 Å². The standard InChI is InChI=1S/C7H17N3O4S/c1-14-4-2-6(8)7(11)10-3-5-15(9,12)13/h6H,2-5,8H2,1H3,(H,10,11)(H2,9,12,13). The van der Waals surface area contributed by atoms with Crippen molar-refractivity contribution in [2.75, 3.05) is 26.0 Å². The van der Waals surface area contributed by atoms with E-state index in [0.717, 1.165) is 0 Å². The largest absolute Gasteiger partial charge is 0.385 e. The van der Waals surface area contributed by atoms with Crippen LogP contribution in [0, 0.1) is 0 Å². The number of sulfonamides is 1. The lowest BCUT2D eigenvalue weighted by Crippen LogP contribution is -2.43. The molecule has 0 saturated heterocycles. The quantitative estimate of drug-likeness (QED) is 0.463. The smallest absolute Gasteiger partial charge is 0.237 e. The van der Waals surface area contributed by atoms with E-state index in [-0.39, 0.29) is 12.3 Å². The highest BCUT2D eigenvalue weighted by Crippen LogP contribution is 1.88. The van der Waals surface area contributed by atoms with Crippen LogP contribution in [0.4, 0.5) is 0 Å². The van der Waals surface area contributed by atoms with Gasteiger partial charge >= 0.3 is 0 Å². The lowest BCUT2D eigenvalue weighted by molar-refractivity contribution is -0.122. The van der Waals surface area contributed by atoms with Gasteiger partial charge in [0.15, 0.2) is 0 Å². The van der Waals surface area contributed by atoms with E-state index in [1.54, 1.807) is 0 Å². The molecular weight excluding hydrogens is 222 g/mol. The molecule has 0 aromatic heterocycles. The van der Waals surface area contributed by atoms with E-state index in [0.29, 0.717) is 13.0 Å². The number of nitrogens with two attached hydrogens (primary N) is 2. The first-order valence-corrected chi connectivity index (χ1v) is 6.11. The summed E-state index contributed by atoms with van der Waals surface area (Å²) in [6.07, 6.45) is 0.387. The number of primary sulfonamides is 1. The predicted molar refractivity (Wildman–Crippen MR) is 55.5 cm³/mol. The molecule has 1 unspecified atom stereocenters. The molecule has 90 valence electrons. The predicted octanol–water partition coefficient (Wildman–Crippen LogP) is -2.25. The van der Waals surface area contributed by atoms with Gasteiger partial charge in [-0.15, -0.1) is 0 Å². The van der Waals surface area contributed by atoms with Crippen LogP contribution in [0.3, 0.4) is 0 Å². The molecule has 0 rings (SSSR count). The third-order valence-electron chi connectivity index (χ3n) is 1.66. The van der Waals surface area contributed by atoms with Crippen molar-refractivity contribution in [2.24, 2.45) is 10.9 Å². The van der Waals surface area contributed by atoms with Crippen LogP contribution < -0.4 is 16.2 Å². The second-order valence-corrected chi connectivity index (χ2v) is 4.78. The molecule has 0 fully saturated rings. The van der Waals surface area contributed by atoms with Crippen LogP contribution in [0.15, 0.2) is 0 Å². The molecule has 0 aromatic carbocycles. The minimum absolute atomic E-state index is 0.0294. The van der Waals surface area contributed by atoms with Crippen molar-refractivity contribution < 1.29 is 17.9 Å². The molecule has 0 saturated carbocycles. The Balaban J connectivity index is 3.74. The fourth-order valence-corrected chi connectivity index (χ4v) is 1.21. The summed E-state index contributed by atoms with van der Waals surface area (Å²) in [5.41, 5.74) is 5.48. The van der Waals surface area contributed by atoms with E-state index in [4.69, 9.17) is 15.6 Å². The van der Waals surface area contributed by atoms with Gasteiger partial charge in [-0.05, 0) is 6.42 Å². The number of amides is 1. The molecular formula is C7H17N3O4S. The molecule has 0 aromatic rings. The van der Waals surface area contributed by atoms with Crippen LogP contribution in [0.25, 0.3) is 0 Å². The van der Waals surface area contributed by atoms with Crippen molar-refractivity contribution in [2.45, 2.75) is 12.5 Å². The molecule has 5 N–H and O–H groups in total. The first kappa shape index (κ1) is 14.3. The summed E-state index contributed by atoms with van der Waals surface area (Å²) in [6.45, 7) is 0.349. The monoisotopic (exact) mass is 239 g/mol. The fourth-order valence-electron chi connectivity index (χ4n) is 0.823. The highest BCUT2D eigenvalue weighted by atomic mass is 32.2. The first-order chi connectivity index (χ1) is 6.87. The fraction of sp³-hybridized carbons (Fsp3) is 0.857. The molecule has 15 heavy (non-hydrogen) atoms. The zero-order chi connectivity index (χ0) is 11.9. The van der Waals surface area contributed by atoms with Gasteiger partial charge in [-0.25, -0.2) is 13.6 Å². The summed E-state index contributed by atoms with van der Waals surface area (Å²) < 4.78 is 25.8. The second kappa shape index (κ2) is 6.72. The van der Waals surface area contributed by atoms with E-state index in [2.05, 4.69) is 5.32 Å². The zero-order valence-electron chi connectivity index (χ0n) is 8.60. The number of carbonyl (C=O) groups is 1. The van der Waals surface area contributed by atoms with Gasteiger partial charge in [0, 0.05) is 20.3 Å². The van der Waals surface area contributed by atoms with Crippen LogP contribution in [0.2, 0.25) is 0 Å². The van der Waals surface area contributed by atoms with Gasteiger partial charge in [-0.1, -0.05) is 0 Å². The minimum Gasteiger partial charge on any atom is -0.385 e. The molecule has 0 spiro atoms. The lowest BCUT2D eigenvalue weighted by Gasteiger charge is -2.10. The van der Waals surface area contributed by atoms with Gasteiger partial charge in [0.1, 0.15) is 0 Å². The van der Waals surface area contributed by atoms with Crippen molar-refractivity contribution in [1.82, 2.24) is 5.32 Å². The normalized spacial score (nSPS) is 13.5. The Labute approximate surface area is 89.2 Å². The van der Waals surface area contributed by atoms with E-state index in [1.807, 2.05) is 0 Å². The Morgan fingerprint density at radius 2 is 2.13 bits per heavy atom. The number of hydrogen-bond acceptors (Lipinski definition) is 5. The van der Waals surface area contributed by atoms with Gasteiger partial charge in [0.25, 0.3) is 0 Å². The molecule has 0 aliphatic carbocycles. The molecule has 0 aliphatic rings. The number of rotatable bonds is 7. The Bertz CT molecular complexity index is 291. The van der Waals surface area contributed by atoms with Gasteiger partial charge in [0.05, 0.1) is 11.8 Å². The molecule has 8 heteroatoms. The summed E-state index contributed by atoms with van der Waals surface area (Å²) >= 11 is 0. The maximum atomic E-state index is 11.2. The highest BCUT2D eigenvalue weighted by Gasteiger charge is 2.13. The van der Waals surface area contributed by atoms with E-state index in [1.165, 1.54) is 7.11 Å². The number of methoxy groups -OCH3 is 1. The third-order valence-corrected chi connectivity index (χ3v) is 2.43. The van der Waals surface area contributed by atoms with Crippen LogP contribution in [-0.4, -0.2) is 46.4 Å². The van der Waals surface area contributed by atoms with E-state index >= 15 is 0 Å². The van der Waals surface area contributed by atoms with Crippen LogP contribution in [0.5, 0.6) is 0 Å². The SMILES string of the molecule is COCCC(N)C(=O)NCCS(N)(=O)=O.